The van der Waals surface area contributed by atoms with Crippen LogP contribution in [-0.2, 0) is 11.2 Å². The summed E-state index contributed by atoms with van der Waals surface area (Å²) in [5, 5.41) is 10.3. The average Bonchev–Trinajstić information content (AvgIpc) is 3.12. The summed E-state index contributed by atoms with van der Waals surface area (Å²) in [6, 6.07) is 13.9. The third kappa shape index (κ3) is 4.29. The van der Waals surface area contributed by atoms with Crippen LogP contribution >= 0.6 is 11.8 Å². The lowest BCUT2D eigenvalue weighted by Gasteiger charge is -2.10. The summed E-state index contributed by atoms with van der Waals surface area (Å²) in [6.45, 7) is 3.78. The van der Waals surface area contributed by atoms with E-state index in [0.717, 1.165) is 23.7 Å². The number of carbonyl (C=O) groups excluding carboxylic acids is 1. The summed E-state index contributed by atoms with van der Waals surface area (Å²) in [7, 11) is 0. The summed E-state index contributed by atoms with van der Waals surface area (Å²) in [4.78, 5) is 12.2. The van der Waals surface area contributed by atoms with Crippen molar-refractivity contribution in [3.05, 3.63) is 59.9 Å². The molecule has 0 spiro atoms. The van der Waals surface area contributed by atoms with E-state index in [1.54, 1.807) is 19.1 Å². The number of aromatic nitrogens is 2. The Kier molecular flexibility index (Phi) is 5.68. The molecule has 1 N–H and O–H groups in total. The van der Waals surface area contributed by atoms with Gasteiger partial charge in [-0.2, -0.15) is 0 Å². The summed E-state index contributed by atoms with van der Waals surface area (Å²) >= 11 is 1.13. The van der Waals surface area contributed by atoms with E-state index in [1.807, 2.05) is 24.3 Å². The first-order valence-corrected chi connectivity index (χ1v) is 9.09. The van der Waals surface area contributed by atoms with Gasteiger partial charge in [0, 0.05) is 5.56 Å². The number of anilines is 1. The van der Waals surface area contributed by atoms with E-state index in [-0.39, 0.29) is 16.8 Å². The lowest BCUT2D eigenvalue weighted by molar-refractivity contribution is -0.115. The van der Waals surface area contributed by atoms with E-state index in [9.17, 15) is 9.18 Å². The number of para-hydroxylation sites is 1. The molecule has 0 unspecified atom stereocenters. The van der Waals surface area contributed by atoms with Crippen LogP contribution in [0.15, 0.2) is 58.2 Å². The third-order valence-electron chi connectivity index (χ3n) is 3.79. The standard InChI is InChI=1S/C19H18FN3O2S/c1-3-13-8-10-14(11-9-13)18-22-23-19(25-18)26-12(2)17(24)21-16-7-5-4-6-15(16)20/h4-12H,3H2,1-2H3,(H,21,24)/t12-/m1/s1. The van der Waals surface area contributed by atoms with E-state index in [0.29, 0.717) is 5.89 Å². The Morgan fingerprint density at radius 2 is 1.92 bits per heavy atom. The van der Waals surface area contributed by atoms with Crippen molar-refractivity contribution in [1.29, 1.82) is 0 Å². The van der Waals surface area contributed by atoms with Crippen molar-refractivity contribution in [2.45, 2.75) is 30.7 Å². The maximum absolute atomic E-state index is 13.6. The van der Waals surface area contributed by atoms with Crippen LogP contribution in [0.4, 0.5) is 10.1 Å². The third-order valence-corrected chi connectivity index (χ3v) is 4.73. The Bertz CT molecular complexity index is 896. The average molecular weight is 371 g/mol. The largest absolute Gasteiger partial charge is 0.411 e. The molecular formula is C19H18FN3O2S. The van der Waals surface area contributed by atoms with Gasteiger partial charge in [-0.1, -0.05) is 43.0 Å². The maximum Gasteiger partial charge on any atom is 0.277 e. The van der Waals surface area contributed by atoms with Gasteiger partial charge in [0.2, 0.25) is 11.8 Å². The molecule has 0 saturated carbocycles. The van der Waals surface area contributed by atoms with Crippen molar-refractivity contribution in [2.75, 3.05) is 5.32 Å². The number of thioether (sulfide) groups is 1. The molecule has 134 valence electrons. The van der Waals surface area contributed by atoms with Crippen LogP contribution in [0.1, 0.15) is 19.4 Å². The van der Waals surface area contributed by atoms with Crippen LogP contribution in [-0.4, -0.2) is 21.4 Å². The van der Waals surface area contributed by atoms with Crippen molar-refractivity contribution >= 4 is 23.4 Å². The van der Waals surface area contributed by atoms with Gasteiger partial charge in [-0.15, -0.1) is 10.2 Å². The Morgan fingerprint density at radius 1 is 1.19 bits per heavy atom. The smallest absolute Gasteiger partial charge is 0.277 e. The first-order chi connectivity index (χ1) is 12.6. The van der Waals surface area contributed by atoms with E-state index < -0.39 is 11.1 Å². The number of halogens is 1. The van der Waals surface area contributed by atoms with Crippen molar-refractivity contribution < 1.29 is 13.6 Å². The second-order valence-corrected chi connectivity index (χ2v) is 6.94. The Morgan fingerprint density at radius 3 is 2.62 bits per heavy atom. The molecule has 0 aliphatic heterocycles. The molecule has 7 heteroatoms. The van der Waals surface area contributed by atoms with Crippen LogP contribution < -0.4 is 5.32 Å². The number of amides is 1. The Labute approximate surface area is 155 Å². The fourth-order valence-corrected chi connectivity index (χ4v) is 2.94. The number of nitrogens with one attached hydrogen (secondary N) is 1. The summed E-state index contributed by atoms with van der Waals surface area (Å²) in [6.07, 6.45) is 0.958. The maximum atomic E-state index is 13.6. The summed E-state index contributed by atoms with van der Waals surface area (Å²) < 4.78 is 19.2. The Hall–Kier alpha value is -2.67. The van der Waals surface area contributed by atoms with E-state index >= 15 is 0 Å². The first-order valence-electron chi connectivity index (χ1n) is 8.21. The second kappa shape index (κ2) is 8.14. The Balaban J connectivity index is 1.64. The van der Waals surface area contributed by atoms with E-state index in [1.165, 1.54) is 17.7 Å². The molecule has 2 aromatic carbocycles. The highest BCUT2D eigenvalue weighted by Gasteiger charge is 2.19. The van der Waals surface area contributed by atoms with Crippen LogP contribution in [0.3, 0.4) is 0 Å². The molecule has 26 heavy (non-hydrogen) atoms. The van der Waals surface area contributed by atoms with Gasteiger partial charge < -0.3 is 9.73 Å². The molecule has 0 bridgehead atoms. The van der Waals surface area contributed by atoms with Crippen molar-refractivity contribution in [1.82, 2.24) is 10.2 Å². The van der Waals surface area contributed by atoms with Crippen molar-refractivity contribution in [3.8, 4) is 11.5 Å². The SMILES string of the molecule is CCc1ccc(-c2nnc(S[C@H](C)C(=O)Nc3ccccc3F)o2)cc1. The van der Waals surface area contributed by atoms with Gasteiger partial charge in [-0.05, 0) is 43.2 Å². The highest BCUT2D eigenvalue weighted by Crippen LogP contribution is 2.27. The molecule has 0 aliphatic rings. The van der Waals surface area contributed by atoms with Gasteiger partial charge in [0.1, 0.15) is 5.82 Å². The highest BCUT2D eigenvalue weighted by molar-refractivity contribution is 8.00. The lowest BCUT2D eigenvalue weighted by Crippen LogP contribution is -2.22. The van der Waals surface area contributed by atoms with Gasteiger partial charge in [-0.25, -0.2) is 4.39 Å². The van der Waals surface area contributed by atoms with E-state index in [2.05, 4.69) is 22.4 Å². The number of hydrogen-bond donors (Lipinski definition) is 1. The molecule has 3 rings (SSSR count). The molecule has 0 aliphatic carbocycles. The fraction of sp³-hybridized carbons (Fsp3) is 0.211. The predicted octanol–water partition coefficient (Wildman–Crippen LogP) is 4.56. The molecule has 1 atom stereocenters. The zero-order valence-electron chi connectivity index (χ0n) is 14.4. The normalized spacial score (nSPS) is 12.0. The van der Waals surface area contributed by atoms with Crippen LogP contribution in [0, 0.1) is 5.82 Å². The minimum atomic E-state index is -0.523. The first kappa shape index (κ1) is 18.1. The predicted molar refractivity (Wildman–Crippen MR) is 99.5 cm³/mol. The van der Waals surface area contributed by atoms with Crippen LogP contribution in [0.2, 0.25) is 0 Å². The zero-order chi connectivity index (χ0) is 18.5. The van der Waals surface area contributed by atoms with Gasteiger partial charge in [0.05, 0.1) is 10.9 Å². The minimum absolute atomic E-state index is 0.146. The molecule has 0 radical (unpaired) electrons. The number of benzene rings is 2. The van der Waals surface area contributed by atoms with Gasteiger partial charge >= 0.3 is 0 Å². The van der Waals surface area contributed by atoms with Crippen LogP contribution in [0.25, 0.3) is 11.5 Å². The van der Waals surface area contributed by atoms with Gasteiger partial charge in [0.15, 0.2) is 0 Å². The summed E-state index contributed by atoms with van der Waals surface area (Å²) in [5.41, 5.74) is 2.19. The topological polar surface area (TPSA) is 68.0 Å². The van der Waals surface area contributed by atoms with Gasteiger partial charge in [-0.3, -0.25) is 4.79 Å². The molecule has 1 amide bonds. The molecule has 5 nitrogen and oxygen atoms in total. The zero-order valence-corrected chi connectivity index (χ0v) is 15.2. The highest BCUT2D eigenvalue weighted by atomic mass is 32.2. The molecule has 1 aromatic heterocycles. The molecular weight excluding hydrogens is 353 g/mol. The minimum Gasteiger partial charge on any atom is -0.411 e. The fourth-order valence-electron chi connectivity index (χ4n) is 2.26. The molecule has 1 heterocycles. The van der Waals surface area contributed by atoms with E-state index in [4.69, 9.17) is 4.42 Å². The second-order valence-electron chi connectivity index (χ2n) is 5.65. The number of carbonyl (C=O) groups is 1. The molecule has 0 fully saturated rings. The summed E-state index contributed by atoms with van der Waals surface area (Å²) in [5.74, 6) is -0.419. The van der Waals surface area contributed by atoms with Crippen molar-refractivity contribution in [2.24, 2.45) is 0 Å². The molecule has 3 aromatic rings. The van der Waals surface area contributed by atoms with Crippen molar-refractivity contribution in [3.63, 3.8) is 0 Å². The number of nitrogens with zero attached hydrogens (tertiary/aromatic N) is 2. The number of aryl methyl sites for hydroxylation is 1. The van der Waals surface area contributed by atoms with Crippen LogP contribution in [0.5, 0.6) is 0 Å². The lowest BCUT2D eigenvalue weighted by atomic mass is 10.1. The number of hydrogen-bond acceptors (Lipinski definition) is 5. The van der Waals surface area contributed by atoms with Gasteiger partial charge in [0.25, 0.3) is 5.22 Å². The quantitative estimate of drug-likeness (QED) is 0.644. The molecule has 0 saturated heterocycles. The monoisotopic (exact) mass is 371 g/mol. The number of rotatable bonds is 6.